The standard InChI is InChI=1S/C13H13N3S2/c1-8-7-18-13-11(8)16-15-9(2)12(13)14-6-10-4-3-5-17-10/h3-5,7H,6H2,1-2H3,(H,14,16). The Hall–Kier alpha value is -1.46. The zero-order chi connectivity index (χ0) is 12.5. The zero-order valence-electron chi connectivity index (χ0n) is 10.2. The van der Waals surface area contributed by atoms with Gasteiger partial charge in [0.1, 0.15) is 5.52 Å². The minimum absolute atomic E-state index is 0.843. The van der Waals surface area contributed by atoms with E-state index in [9.17, 15) is 0 Å². The molecule has 0 aliphatic carbocycles. The molecule has 0 spiro atoms. The molecule has 18 heavy (non-hydrogen) atoms. The highest BCUT2D eigenvalue weighted by molar-refractivity contribution is 7.18. The molecule has 0 aliphatic rings. The van der Waals surface area contributed by atoms with Gasteiger partial charge in [-0.1, -0.05) is 6.07 Å². The summed E-state index contributed by atoms with van der Waals surface area (Å²) in [4.78, 5) is 1.33. The van der Waals surface area contributed by atoms with Crippen molar-refractivity contribution in [1.82, 2.24) is 10.2 Å². The van der Waals surface area contributed by atoms with Gasteiger partial charge in [-0.05, 0) is 36.2 Å². The Morgan fingerprint density at radius 1 is 1.22 bits per heavy atom. The van der Waals surface area contributed by atoms with E-state index in [-0.39, 0.29) is 0 Å². The van der Waals surface area contributed by atoms with Crippen LogP contribution in [0.3, 0.4) is 0 Å². The molecule has 3 rings (SSSR count). The monoisotopic (exact) mass is 275 g/mol. The van der Waals surface area contributed by atoms with Crippen molar-refractivity contribution in [3.05, 3.63) is 39.0 Å². The first-order valence-corrected chi connectivity index (χ1v) is 7.49. The van der Waals surface area contributed by atoms with Crippen LogP contribution in [-0.2, 0) is 6.54 Å². The minimum Gasteiger partial charge on any atom is -0.377 e. The van der Waals surface area contributed by atoms with E-state index in [1.807, 2.05) is 6.92 Å². The fraction of sp³-hybridized carbons (Fsp3) is 0.231. The van der Waals surface area contributed by atoms with Gasteiger partial charge in [-0.25, -0.2) is 0 Å². The lowest BCUT2D eigenvalue weighted by atomic mass is 10.2. The Bertz CT molecular complexity index is 671. The van der Waals surface area contributed by atoms with Crippen molar-refractivity contribution in [2.75, 3.05) is 5.32 Å². The first kappa shape index (κ1) is 11.6. The largest absolute Gasteiger partial charge is 0.377 e. The van der Waals surface area contributed by atoms with E-state index >= 15 is 0 Å². The molecule has 0 fully saturated rings. The Kier molecular flexibility index (Phi) is 3.01. The molecule has 0 aromatic carbocycles. The van der Waals surface area contributed by atoms with E-state index in [1.54, 1.807) is 22.7 Å². The predicted molar refractivity (Wildman–Crippen MR) is 78.5 cm³/mol. The van der Waals surface area contributed by atoms with E-state index in [2.05, 4.69) is 45.3 Å². The topological polar surface area (TPSA) is 37.8 Å². The molecule has 0 amide bonds. The highest BCUT2D eigenvalue weighted by atomic mass is 32.1. The summed E-state index contributed by atoms with van der Waals surface area (Å²) in [6.45, 7) is 4.92. The third-order valence-corrected chi connectivity index (χ3v) is 4.83. The van der Waals surface area contributed by atoms with Crippen LogP contribution in [-0.4, -0.2) is 10.2 Å². The maximum absolute atomic E-state index is 4.27. The Balaban J connectivity index is 1.97. The minimum atomic E-state index is 0.843. The van der Waals surface area contributed by atoms with Crippen molar-refractivity contribution in [3.8, 4) is 0 Å². The van der Waals surface area contributed by atoms with Gasteiger partial charge in [-0.15, -0.1) is 27.8 Å². The highest BCUT2D eigenvalue weighted by Crippen LogP contribution is 2.32. The number of hydrogen-bond acceptors (Lipinski definition) is 5. The third kappa shape index (κ3) is 2.00. The highest BCUT2D eigenvalue weighted by Gasteiger charge is 2.11. The average Bonchev–Trinajstić information content (AvgIpc) is 2.98. The smallest absolute Gasteiger partial charge is 0.109 e. The number of aromatic nitrogens is 2. The van der Waals surface area contributed by atoms with E-state index in [1.165, 1.54) is 15.1 Å². The Morgan fingerprint density at radius 3 is 2.89 bits per heavy atom. The Morgan fingerprint density at radius 2 is 2.11 bits per heavy atom. The maximum atomic E-state index is 4.27. The summed E-state index contributed by atoms with van der Waals surface area (Å²) in [5.74, 6) is 0. The molecule has 92 valence electrons. The van der Waals surface area contributed by atoms with Crippen LogP contribution in [0.25, 0.3) is 10.2 Å². The second-order valence-corrected chi connectivity index (χ2v) is 6.10. The molecular weight excluding hydrogens is 262 g/mol. The van der Waals surface area contributed by atoms with Crippen LogP contribution in [0.2, 0.25) is 0 Å². The predicted octanol–water partition coefficient (Wildman–Crippen LogP) is 3.98. The lowest BCUT2D eigenvalue weighted by Crippen LogP contribution is -2.02. The molecule has 5 heteroatoms. The lowest BCUT2D eigenvalue weighted by molar-refractivity contribution is 1.01. The van der Waals surface area contributed by atoms with Crippen LogP contribution >= 0.6 is 22.7 Å². The first-order valence-electron chi connectivity index (χ1n) is 5.73. The van der Waals surface area contributed by atoms with Crippen LogP contribution in [0.5, 0.6) is 0 Å². The van der Waals surface area contributed by atoms with E-state index in [4.69, 9.17) is 0 Å². The average molecular weight is 275 g/mol. The molecule has 0 atom stereocenters. The molecule has 0 saturated heterocycles. The fourth-order valence-corrected chi connectivity index (χ4v) is 3.58. The van der Waals surface area contributed by atoms with Gasteiger partial charge >= 0.3 is 0 Å². The van der Waals surface area contributed by atoms with Crippen LogP contribution in [0, 0.1) is 13.8 Å². The maximum Gasteiger partial charge on any atom is 0.109 e. The number of nitrogens with one attached hydrogen (secondary N) is 1. The number of thiophene rings is 2. The third-order valence-electron chi connectivity index (χ3n) is 2.85. The van der Waals surface area contributed by atoms with Gasteiger partial charge in [0.25, 0.3) is 0 Å². The quantitative estimate of drug-likeness (QED) is 0.785. The second kappa shape index (κ2) is 4.66. The molecule has 0 unspecified atom stereocenters. The summed E-state index contributed by atoms with van der Waals surface area (Å²) >= 11 is 3.49. The summed E-state index contributed by atoms with van der Waals surface area (Å²) in [5, 5.41) is 16.2. The fourth-order valence-electron chi connectivity index (χ4n) is 1.88. The van der Waals surface area contributed by atoms with Crippen molar-refractivity contribution in [3.63, 3.8) is 0 Å². The number of nitrogens with zero attached hydrogens (tertiary/aromatic N) is 2. The zero-order valence-corrected chi connectivity index (χ0v) is 11.9. The van der Waals surface area contributed by atoms with E-state index < -0.39 is 0 Å². The molecule has 3 aromatic heterocycles. The molecular formula is C13H13N3S2. The molecule has 0 saturated carbocycles. The van der Waals surface area contributed by atoms with Crippen molar-refractivity contribution in [1.29, 1.82) is 0 Å². The van der Waals surface area contributed by atoms with Gasteiger partial charge in [0.05, 0.1) is 16.1 Å². The van der Waals surface area contributed by atoms with Crippen molar-refractivity contribution < 1.29 is 0 Å². The SMILES string of the molecule is Cc1nnc2c(C)csc2c1NCc1cccs1. The van der Waals surface area contributed by atoms with Crippen LogP contribution < -0.4 is 5.32 Å². The van der Waals surface area contributed by atoms with Crippen LogP contribution in [0.4, 0.5) is 5.69 Å². The summed E-state index contributed by atoms with van der Waals surface area (Å²) in [6.07, 6.45) is 0. The molecule has 0 aliphatic heterocycles. The van der Waals surface area contributed by atoms with Crippen LogP contribution in [0.15, 0.2) is 22.9 Å². The van der Waals surface area contributed by atoms with E-state index in [0.29, 0.717) is 0 Å². The Labute approximate surface area is 114 Å². The number of rotatable bonds is 3. The normalized spacial score (nSPS) is 11.0. The van der Waals surface area contributed by atoms with Crippen LogP contribution in [0.1, 0.15) is 16.1 Å². The lowest BCUT2D eigenvalue weighted by Gasteiger charge is -2.08. The first-order chi connectivity index (χ1) is 8.75. The summed E-state index contributed by atoms with van der Waals surface area (Å²) in [5.41, 5.74) is 4.29. The summed E-state index contributed by atoms with van der Waals surface area (Å²) in [7, 11) is 0. The summed E-state index contributed by atoms with van der Waals surface area (Å²) < 4.78 is 1.21. The molecule has 3 heterocycles. The van der Waals surface area contributed by atoms with Gasteiger partial charge in [-0.2, -0.15) is 5.10 Å². The van der Waals surface area contributed by atoms with Gasteiger partial charge in [0.2, 0.25) is 0 Å². The van der Waals surface area contributed by atoms with Crippen molar-refractivity contribution in [2.45, 2.75) is 20.4 Å². The van der Waals surface area contributed by atoms with Gasteiger partial charge < -0.3 is 5.32 Å². The van der Waals surface area contributed by atoms with Crippen molar-refractivity contribution in [2.24, 2.45) is 0 Å². The number of aryl methyl sites for hydroxylation is 2. The van der Waals surface area contributed by atoms with Gasteiger partial charge in [-0.3, -0.25) is 0 Å². The molecule has 3 aromatic rings. The van der Waals surface area contributed by atoms with E-state index in [0.717, 1.165) is 23.4 Å². The molecule has 0 radical (unpaired) electrons. The van der Waals surface area contributed by atoms with Gasteiger partial charge in [0.15, 0.2) is 0 Å². The molecule has 0 bridgehead atoms. The molecule has 3 nitrogen and oxygen atoms in total. The number of fused-ring (bicyclic) bond motifs is 1. The summed E-state index contributed by atoms with van der Waals surface area (Å²) in [6, 6.07) is 4.21. The molecule has 1 N–H and O–H groups in total. The van der Waals surface area contributed by atoms with Gasteiger partial charge in [0, 0.05) is 11.4 Å². The number of hydrogen-bond donors (Lipinski definition) is 1. The number of anilines is 1. The van der Waals surface area contributed by atoms with Crippen molar-refractivity contribution >= 4 is 38.6 Å². The second-order valence-electron chi connectivity index (χ2n) is 4.19.